The predicted octanol–water partition coefficient (Wildman–Crippen LogP) is 5.62. The van der Waals surface area contributed by atoms with Crippen LogP contribution >= 0.6 is 17.0 Å². The summed E-state index contributed by atoms with van der Waals surface area (Å²) >= 11 is 0. The predicted molar refractivity (Wildman–Crippen MR) is 109 cm³/mol. The number of phenols is 3. The first-order valence-electron chi connectivity index (χ1n) is 7.88. The quantitative estimate of drug-likeness (QED) is 0.555. The lowest BCUT2D eigenvalue weighted by Crippen LogP contribution is -1.87. The van der Waals surface area contributed by atoms with Crippen LogP contribution in [0.2, 0.25) is 0 Å². The van der Waals surface area contributed by atoms with Crippen molar-refractivity contribution < 1.29 is 20.1 Å². The average Bonchev–Trinajstić information content (AvgIpc) is 2.54. The van der Waals surface area contributed by atoms with Gasteiger partial charge in [0.15, 0.2) is 23.0 Å². The molecule has 0 aliphatic carbocycles. The Morgan fingerprint density at radius 3 is 1.68 bits per heavy atom. The molecule has 0 bridgehead atoms. The summed E-state index contributed by atoms with van der Waals surface area (Å²) in [6.07, 6.45) is 4.11. The van der Waals surface area contributed by atoms with E-state index in [2.05, 4.69) is 13.8 Å². The van der Waals surface area contributed by atoms with Crippen LogP contribution in [0.1, 0.15) is 45.2 Å². The topological polar surface area (TPSA) is 69.9 Å². The number of aryl methyl sites for hydroxylation is 2. The van der Waals surface area contributed by atoms with Gasteiger partial charge < -0.3 is 20.1 Å². The van der Waals surface area contributed by atoms with Crippen LogP contribution in [0, 0.1) is 0 Å². The Labute approximate surface area is 161 Å². The summed E-state index contributed by atoms with van der Waals surface area (Å²) in [6.45, 7) is 4.20. The van der Waals surface area contributed by atoms with E-state index in [1.54, 1.807) is 19.2 Å². The van der Waals surface area contributed by atoms with Gasteiger partial charge in [0.25, 0.3) is 0 Å². The van der Waals surface area contributed by atoms with Gasteiger partial charge in [0.2, 0.25) is 0 Å². The van der Waals surface area contributed by atoms with Gasteiger partial charge in [-0.3, -0.25) is 0 Å². The van der Waals surface area contributed by atoms with E-state index in [0.29, 0.717) is 5.75 Å². The van der Waals surface area contributed by atoms with E-state index in [0.717, 1.165) is 31.2 Å². The zero-order valence-electron chi connectivity index (χ0n) is 14.5. The lowest BCUT2D eigenvalue weighted by molar-refractivity contribution is 0.373. The van der Waals surface area contributed by atoms with Gasteiger partial charge >= 0.3 is 0 Å². The first-order chi connectivity index (χ1) is 11.0. The third-order valence-corrected chi connectivity index (χ3v) is 3.36. The molecule has 2 aromatic rings. The molecule has 3 N–H and O–H groups in total. The molecule has 142 valence electrons. The summed E-state index contributed by atoms with van der Waals surface area (Å²) in [7, 11) is 1.56. The highest BCUT2D eigenvalue weighted by Gasteiger charge is 2.01. The highest BCUT2D eigenvalue weighted by Crippen LogP contribution is 2.26. The van der Waals surface area contributed by atoms with Crippen molar-refractivity contribution in [3.63, 3.8) is 0 Å². The number of hydrogen-bond acceptors (Lipinski definition) is 4. The summed E-state index contributed by atoms with van der Waals surface area (Å²) in [5, 5.41) is 27.3. The van der Waals surface area contributed by atoms with Gasteiger partial charge in [-0.05, 0) is 48.2 Å². The smallest absolute Gasteiger partial charge is 0.160 e. The maximum atomic E-state index is 9.28. The van der Waals surface area contributed by atoms with Crippen LogP contribution in [-0.4, -0.2) is 22.4 Å². The van der Waals surface area contributed by atoms with Crippen molar-refractivity contribution in [1.82, 2.24) is 0 Å². The standard InChI is InChI=1S/C10H14O2.C9H12O2.CH4.BrH/c1-3-4-8-5-6-9(11)10(7-8)12-2;1-2-3-7-4-5-8(10)9(11)6-7;;/h5-7,11H,3-4H2,1-2H3;4-6,10-11H,2-3H2,1H3;1H4;1H. The molecular formula is C20H31BrO4. The van der Waals surface area contributed by atoms with Gasteiger partial charge in [0.05, 0.1) is 7.11 Å². The molecule has 0 aromatic heterocycles. The first-order valence-corrected chi connectivity index (χ1v) is 7.88. The molecule has 0 saturated carbocycles. The normalized spacial score (nSPS) is 9.08. The van der Waals surface area contributed by atoms with E-state index < -0.39 is 0 Å². The van der Waals surface area contributed by atoms with Crippen LogP contribution in [0.4, 0.5) is 0 Å². The van der Waals surface area contributed by atoms with E-state index in [9.17, 15) is 5.11 Å². The number of ether oxygens (including phenoxy) is 1. The molecule has 0 spiro atoms. The SMILES string of the molecule is Br.C.CCCc1ccc(O)c(O)c1.CCCc1ccc(O)c(OC)c1. The molecule has 0 unspecified atom stereocenters. The number of hydrogen-bond donors (Lipinski definition) is 3. The Bertz CT molecular complexity index is 615. The van der Waals surface area contributed by atoms with Gasteiger partial charge in [0.1, 0.15) is 0 Å². The van der Waals surface area contributed by atoms with Gasteiger partial charge in [-0.15, -0.1) is 17.0 Å². The average molecular weight is 415 g/mol. The Morgan fingerprint density at radius 2 is 1.24 bits per heavy atom. The van der Waals surface area contributed by atoms with E-state index in [1.807, 2.05) is 18.2 Å². The number of aromatic hydroxyl groups is 3. The van der Waals surface area contributed by atoms with Gasteiger partial charge in [-0.25, -0.2) is 0 Å². The fourth-order valence-electron chi connectivity index (χ4n) is 2.18. The number of phenolic OH excluding ortho intramolecular Hbond substituents is 3. The van der Waals surface area contributed by atoms with Crippen LogP contribution in [0.5, 0.6) is 23.0 Å². The molecule has 2 rings (SSSR count). The number of methoxy groups -OCH3 is 1. The maximum Gasteiger partial charge on any atom is 0.160 e. The molecular weight excluding hydrogens is 384 g/mol. The first kappa shape index (κ1) is 25.4. The second-order valence-electron chi connectivity index (χ2n) is 5.33. The molecule has 4 nitrogen and oxygen atoms in total. The molecule has 0 saturated heterocycles. The number of halogens is 1. The third kappa shape index (κ3) is 8.68. The van der Waals surface area contributed by atoms with E-state index in [4.69, 9.17) is 14.9 Å². The molecule has 0 aliphatic rings. The zero-order chi connectivity index (χ0) is 17.2. The molecule has 0 fully saturated rings. The van der Waals surface area contributed by atoms with E-state index in [-0.39, 0.29) is 41.7 Å². The number of rotatable bonds is 5. The summed E-state index contributed by atoms with van der Waals surface area (Å²) in [5.41, 5.74) is 2.26. The van der Waals surface area contributed by atoms with Crippen molar-refractivity contribution in [1.29, 1.82) is 0 Å². The maximum absolute atomic E-state index is 9.28. The van der Waals surface area contributed by atoms with Gasteiger partial charge in [-0.2, -0.15) is 0 Å². The molecule has 0 atom stereocenters. The van der Waals surface area contributed by atoms with Gasteiger partial charge in [0, 0.05) is 0 Å². The highest BCUT2D eigenvalue weighted by atomic mass is 79.9. The van der Waals surface area contributed by atoms with Crippen molar-refractivity contribution in [3.05, 3.63) is 47.5 Å². The zero-order valence-corrected chi connectivity index (χ0v) is 16.2. The Kier molecular flexibility index (Phi) is 13.6. The Hall–Kier alpha value is -1.88. The summed E-state index contributed by atoms with van der Waals surface area (Å²) < 4.78 is 4.98. The monoisotopic (exact) mass is 414 g/mol. The molecule has 0 amide bonds. The van der Waals surface area contributed by atoms with Crippen molar-refractivity contribution in [2.45, 2.75) is 47.0 Å². The lowest BCUT2D eigenvalue weighted by atomic mass is 10.1. The highest BCUT2D eigenvalue weighted by molar-refractivity contribution is 8.93. The minimum Gasteiger partial charge on any atom is -0.504 e. The summed E-state index contributed by atoms with van der Waals surface area (Å²) in [6, 6.07) is 10.4. The fraction of sp³-hybridized carbons (Fsp3) is 0.400. The van der Waals surface area contributed by atoms with E-state index in [1.165, 1.54) is 11.6 Å². The number of benzene rings is 2. The van der Waals surface area contributed by atoms with Crippen LogP contribution < -0.4 is 4.74 Å². The largest absolute Gasteiger partial charge is 0.504 e. The minimum absolute atomic E-state index is 0. The molecule has 25 heavy (non-hydrogen) atoms. The minimum atomic E-state index is -0.0511. The Morgan fingerprint density at radius 1 is 0.760 bits per heavy atom. The van der Waals surface area contributed by atoms with Crippen molar-refractivity contribution >= 4 is 17.0 Å². The van der Waals surface area contributed by atoms with Crippen LogP contribution in [0.15, 0.2) is 36.4 Å². The van der Waals surface area contributed by atoms with Crippen molar-refractivity contribution in [2.75, 3.05) is 7.11 Å². The van der Waals surface area contributed by atoms with E-state index >= 15 is 0 Å². The molecule has 0 radical (unpaired) electrons. The van der Waals surface area contributed by atoms with Crippen molar-refractivity contribution in [3.8, 4) is 23.0 Å². The second kappa shape index (κ2) is 13.4. The van der Waals surface area contributed by atoms with Crippen LogP contribution in [0.25, 0.3) is 0 Å². The molecule has 0 heterocycles. The molecule has 5 heteroatoms. The van der Waals surface area contributed by atoms with Crippen molar-refractivity contribution in [2.24, 2.45) is 0 Å². The van der Waals surface area contributed by atoms with Crippen LogP contribution in [-0.2, 0) is 12.8 Å². The summed E-state index contributed by atoms with van der Waals surface area (Å²) in [5.74, 6) is 0.680. The molecule has 2 aromatic carbocycles. The fourth-order valence-corrected chi connectivity index (χ4v) is 2.18. The van der Waals surface area contributed by atoms with Gasteiger partial charge in [-0.1, -0.05) is 46.2 Å². The Balaban J connectivity index is 0. The lowest BCUT2D eigenvalue weighted by Gasteiger charge is -2.05. The summed E-state index contributed by atoms with van der Waals surface area (Å²) in [4.78, 5) is 0. The molecule has 0 aliphatic heterocycles. The second-order valence-corrected chi connectivity index (χ2v) is 5.33. The third-order valence-electron chi connectivity index (χ3n) is 3.36. The van der Waals surface area contributed by atoms with Crippen LogP contribution in [0.3, 0.4) is 0 Å².